The van der Waals surface area contributed by atoms with E-state index in [0.29, 0.717) is 32.5 Å². The van der Waals surface area contributed by atoms with Crippen LogP contribution < -0.4 is 10.6 Å². The molecular formula is C14H24ClF3N2O2. The molecule has 0 aromatic carbocycles. The van der Waals surface area contributed by atoms with E-state index in [1.165, 1.54) is 0 Å². The first-order valence-corrected chi connectivity index (χ1v) is 7.57. The van der Waals surface area contributed by atoms with Gasteiger partial charge in [0.1, 0.15) is 6.04 Å². The van der Waals surface area contributed by atoms with Crippen LogP contribution in [-0.4, -0.2) is 43.9 Å². The number of nitrogens with one attached hydrogen (secondary N) is 2. The summed E-state index contributed by atoms with van der Waals surface area (Å²) in [5, 5.41) is 5.94. The lowest BCUT2D eigenvalue weighted by Crippen LogP contribution is -2.56. The van der Waals surface area contributed by atoms with Crippen LogP contribution in [0.5, 0.6) is 0 Å². The molecule has 1 amide bonds. The van der Waals surface area contributed by atoms with E-state index in [4.69, 9.17) is 4.74 Å². The van der Waals surface area contributed by atoms with E-state index in [1.807, 2.05) is 6.92 Å². The number of amides is 1. The molecule has 8 heteroatoms. The number of halogens is 4. The number of ether oxygens (including phenoxy) is 1. The van der Waals surface area contributed by atoms with Gasteiger partial charge in [-0.15, -0.1) is 12.4 Å². The molecule has 0 aromatic heterocycles. The van der Waals surface area contributed by atoms with Crippen molar-refractivity contribution in [3.63, 3.8) is 0 Å². The standard InChI is InChI=1S/C14H23F3N2O2.ClH/c1-9-12(18-6-7-21-9)13(20)19-8-10-2-4-11(5-3-10)14(15,16)17;/h9-12,18H,2-8H2,1H3,(H,19,20);1H/t9-,10?,11?,12+;/m1./s1. The highest BCUT2D eigenvalue weighted by molar-refractivity contribution is 5.85. The molecule has 0 bridgehead atoms. The molecule has 2 N–H and O–H groups in total. The first-order valence-electron chi connectivity index (χ1n) is 7.57. The van der Waals surface area contributed by atoms with Gasteiger partial charge >= 0.3 is 6.18 Å². The van der Waals surface area contributed by atoms with Gasteiger partial charge in [0.25, 0.3) is 0 Å². The van der Waals surface area contributed by atoms with Crippen LogP contribution in [-0.2, 0) is 9.53 Å². The number of carbonyl (C=O) groups excluding carboxylic acids is 1. The third kappa shape index (κ3) is 5.28. The zero-order chi connectivity index (χ0) is 15.5. The Labute approximate surface area is 134 Å². The predicted octanol–water partition coefficient (Wildman–Crippen LogP) is 2.27. The van der Waals surface area contributed by atoms with Gasteiger partial charge in [-0.25, -0.2) is 0 Å². The Morgan fingerprint density at radius 1 is 1.27 bits per heavy atom. The Morgan fingerprint density at radius 3 is 2.45 bits per heavy atom. The van der Waals surface area contributed by atoms with Gasteiger partial charge in [0.2, 0.25) is 5.91 Å². The van der Waals surface area contributed by atoms with Crippen LogP contribution in [0, 0.1) is 11.8 Å². The number of carbonyl (C=O) groups is 1. The van der Waals surface area contributed by atoms with E-state index in [-0.39, 0.29) is 49.2 Å². The number of hydrogen-bond acceptors (Lipinski definition) is 3. The third-order valence-corrected chi connectivity index (χ3v) is 4.47. The highest BCUT2D eigenvalue weighted by Gasteiger charge is 2.41. The summed E-state index contributed by atoms with van der Waals surface area (Å²) in [5.41, 5.74) is 0. The van der Waals surface area contributed by atoms with Crippen molar-refractivity contribution in [3.05, 3.63) is 0 Å². The molecule has 4 nitrogen and oxygen atoms in total. The zero-order valence-electron chi connectivity index (χ0n) is 12.6. The summed E-state index contributed by atoms with van der Waals surface area (Å²) >= 11 is 0. The number of hydrogen-bond donors (Lipinski definition) is 2. The van der Waals surface area contributed by atoms with Crippen molar-refractivity contribution in [1.29, 1.82) is 0 Å². The van der Waals surface area contributed by atoms with Gasteiger partial charge in [0.05, 0.1) is 18.6 Å². The Bertz CT molecular complexity index is 360. The minimum absolute atomic E-state index is 0. The molecular weight excluding hydrogens is 321 g/mol. The van der Waals surface area contributed by atoms with Crippen LogP contribution in [0.3, 0.4) is 0 Å². The molecule has 0 spiro atoms. The molecule has 2 atom stereocenters. The molecule has 2 rings (SSSR count). The molecule has 0 aromatic rings. The predicted molar refractivity (Wildman–Crippen MR) is 79.0 cm³/mol. The smallest absolute Gasteiger partial charge is 0.375 e. The first-order chi connectivity index (χ1) is 9.88. The van der Waals surface area contributed by atoms with Crippen LogP contribution in [0.25, 0.3) is 0 Å². The van der Waals surface area contributed by atoms with E-state index in [1.54, 1.807) is 0 Å². The maximum absolute atomic E-state index is 12.6. The summed E-state index contributed by atoms with van der Waals surface area (Å²) in [4.78, 5) is 12.0. The van der Waals surface area contributed by atoms with Crippen molar-refractivity contribution < 1.29 is 22.7 Å². The minimum Gasteiger partial charge on any atom is -0.375 e. The molecule has 22 heavy (non-hydrogen) atoms. The summed E-state index contributed by atoms with van der Waals surface area (Å²) in [5.74, 6) is -1.15. The largest absolute Gasteiger partial charge is 0.391 e. The number of morpholine rings is 1. The molecule has 1 saturated carbocycles. The third-order valence-electron chi connectivity index (χ3n) is 4.47. The summed E-state index contributed by atoms with van der Waals surface area (Å²) < 4.78 is 43.1. The normalized spacial score (nSPS) is 32.9. The molecule has 1 aliphatic carbocycles. The van der Waals surface area contributed by atoms with Crippen LogP contribution >= 0.6 is 12.4 Å². The molecule has 2 aliphatic rings. The van der Waals surface area contributed by atoms with E-state index in [2.05, 4.69) is 10.6 Å². The van der Waals surface area contributed by atoms with Crippen molar-refractivity contribution in [1.82, 2.24) is 10.6 Å². The lowest BCUT2D eigenvalue weighted by Gasteiger charge is -2.32. The fourth-order valence-electron chi connectivity index (χ4n) is 3.08. The van der Waals surface area contributed by atoms with Crippen molar-refractivity contribution >= 4 is 18.3 Å². The number of rotatable bonds is 3. The lowest BCUT2D eigenvalue weighted by atomic mass is 9.81. The van der Waals surface area contributed by atoms with Gasteiger partial charge in [-0.3, -0.25) is 4.79 Å². The molecule has 130 valence electrons. The van der Waals surface area contributed by atoms with Gasteiger partial charge in [0.15, 0.2) is 0 Å². The van der Waals surface area contributed by atoms with Crippen LogP contribution in [0.15, 0.2) is 0 Å². The maximum Gasteiger partial charge on any atom is 0.391 e. The minimum atomic E-state index is -4.08. The molecule has 0 radical (unpaired) electrons. The van der Waals surface area contributed by atoms with Crippen LogP contribution in [0.1, 0.15) is 32.6 Å². The zero-order valence-corrected chi connectivity index (χ0v) is 13.4. The highest BCUT2D eigenvalue weighted by Crippen LogP contribution is 2.39. The van der Waals surface area contributed by atoms with Crippen LogP contribution in [0.2, 0.25) is 0 Å². The summed E-state index contributed by atoms with van der Waals surface area (Å²) in [6.07, 6.45) is -2.87. The SMILES string of the molecule is C[C@H]1OCCN[C@@H]1C(=O)NCC1CCC(C(F)(F)F)CC1.Cl. The Hall–Kier alpha value is -0.530. The van der Waals surface area contributed by atoms with Crippen LogP contribution in [0.4, 0.5) is 13.2 Å². The maximum atomic E-state index is 12.6. The van der Waals surface area contributed by atoms with Crippen molar-refractivity contribution in [2.45, 2.75) is 50.9 Å². The molecule has 2 fully saturated rings. The fourth-order valence-corrected chi connectivity index (χ4v) is 3.08. The quantitative estimate of drug-likeness (QED) is 0.825. The Balaban J connectivity index is 0.00000242. The second-order valence-corrected chi connectivity index (χ2v) is 6.01. The first kappa shape index (κ1) is 19.5. The van der Waals surface area contributed by atoms with Crippen molar-refractivity contribution in [2.75, 3.05) is 19.7 Å². The van der Waals surface area contributed by atoms with Gasteiger partial charge in [-0.2, -0.15) is 13.2 Å². The summed E-state index contributed by atoms with van der Waals surface area (Å²) in [6, 6.07) is -0.370. The average Bonchev–Trinajstić information content (AvgIpc) is 2.45. The second kappa shape index (κ2) is 8.36. The molecule has 1 heterocycles. The topological polar surface area (TPSA) is 50.4 Å². The van der Waals surface area contributed by atoms with E-state index >= 15 is 0 Å². The highest BCUT2D eigenvalue weighted by atomic mass is 35.5. The lowest BCUT2D eigenvalue weighted by molar-refractivity contribution is -0.183. The molecule has 1 saturated heterocycles. The van der Waals surface area contributed by atoms with E-state index in [0.717, 1.165) is 0 Å². The summed E-state index contributed by atoms with van der Waals surface area (Å²) in [6.45, 7) is 3.52. The number of alkyl halides is 3. The molecule has 1 aliphatic heterocycles. The second-order valence-electron chi connectivity index (χ2n) is 6.01. The molecule has 0 unspecified atom stereocenters. The van der Waals surface area contributed by atoms with Gasteiger partial charge in [-0.05, 0) is 38.5 Å². The monoisotopic (exact) mass is 344 g/mol. The average molecular weight is 345 g/mol. The van der Waals surface area contributed by atoms with Gasteiger partial charge in [0, 0.05) is 13.1 Å². The van der Waals surface area contributed by atoms with E-state index in [9.17, 15) is 18.0 Å². The Kier molecular flexibility index (Phi) is 7.41. The fraction of sp³-hybridized carbons (Fsp3) is 0.929. The van der Waals surface area contributed by atoms with Gasteiger partial charge in [-0.1, -0.05) is 0 Å². The Morgan fingerprint density at radius 2 is 1.91 bits per heavy atom. The van der Waals surface area contributed by atoms with Crippen molar-refractivity contribution in [2.24, 2.45) is 11.8 Å². The van der Waals surface area contributed by atoms with E-state index < -0.39 is 12.1 Å². The van der Waals surface area contributed by atoms with Gasteiger partial charge < -0.3 is 15.4 Å². The summed E-state index contributed by atoms with van der Waals surface area (Å²) in [7, 11) is 0. The van der Waals surface area contributed by atoms with Crippen molar-refractivity contribution in [3.8, 4) is 0 Å².